The average Bonchev–Trinajstić information content (AvgIpc) is 2.03. The van der Waals surface area contributed by atoms with E-state index in [2.05, 4.69) is 4.90 Å². The number of amides is 1. The summed E-state index contributed by atoms with van der Waals surface area (Å²) in [5, 5.41) is 0. The topological polar surface area (TPSA) is 49.6 Å². The molecule has 84 valence electrons. The average molecular weight is 201 g/mol. The van der Waals surface area contributed by atoms with Gasteiger partial charge in [-0.15, -0.1) is 0 Å². The predicted octanol–water partition coefficient (Wildman–Crippen LogP) is 0.132. The van der Waals surface area contributed by atoms with E-state index in [0.29, 0.717) is 0 Å². The first-order valence-electron chi connectivity index (χ1n) is 5.10. The number of likely N-dealkylation sites (N-methyl/N-ethyl adjacent to an activating group) is 2. The van der Waals surface area contributed by atoms with E-state index in [9.17, 15) is 4.79 Å². The van der Waals surface area contributed by atoms with Gasteiger partial charge in [0.2, 0.25) is 5.91 Å². The fraction of sp³-hybridized carbons (Fsp3) is 0.900. The lowest BCUT2D eigenvalue weighted by atomic mass is 10.2. The lowest BCUT2D eigenvalue weighted by Gasteiger charge is -2.31. The summed E-state index contributed by atoms with van der Waals surface area (Å²) in [7, 11) is 4.00. The molecule has 0 fully saturated rings. The van der Waals surface area contributed by atoms with Crippen molar-refractivity contribution in [2.45, 2.75) is 32.9 Å². The number of carbonyl (C=O) groups is 1. The van der Waals surface area contributed by atoms with E-state index >= 15 is 0 Å². The molecular formula is C10H23N3O. The Morgan fingerprint density at radius 2 is 1.86 bits per heavy atom. The minimum absolute atomic E-state index is 0.0295. The molecule has 2 N–H and O–H groups in total. The zero-order valence-electron chi connectivity index (χ0n) is 9.95. The minimum atomic E-state index is -0.403. The summed E-state index contributed by atoms with van der Waals surface area (Å²) >= 11 is 0. The highest BCUT2D eigenvalue weighted by molar-refractivity contribution is 5.81. The van der Waals surface area contributed by atoms with Crippen LogP contribution in [0.25, 0.3) is 0 Å². The molecule has 1 unspecified atom stereocenters. The summed E-state index contributed by atoms with van der Waals surface area (Å²) in [5.74, 6) is 0.0295. The van der Waals surface area contributed by atoms with Gasteiger partial charge in [-0.3, -0.25) is 4.79 Å². The molecule has 4 nitrogen and oxygen atoms in total. The van der Waals surface area contributed by atoms with Crippen molar-refractivity contribution in [2.75, 3.05) is 27.2 Å². The van der Waals surface area contributed by atoms with E-state index in [1.807, 2.05) is 32.8 Å². The van der Waals surface area contributed by atoms with Gasteiger partial charge in [0.25, 0.3) is 0 Å². The summed E-state index contributed by atoms with van der Waals surface area (Å²) in [6.45, 7) is 7.34. The van der Waals surface area contributed by atoms with Gasteiger partial charge >= 0.3 is 0 Å². The summed E-state index contributed by atoms with van der Waals surface area (Å²) in [6, 6.07) is -0.187. The van der Waals surface area contributed by atoms with Crippen LogP contribution in [0.3, 0.4) is 0 Å². The monoisotopic (exact) mass is 201 g/mol. The molecule has 0 aromatic rings. The van der Waals surface area contributed by atoms with E-state index in [1.54, 1.807) is 6.92 Å². The van der Waals surface area contributed by atoms with Crippen LogP contribution in [0.5, 0.6) is 0 Å². The van der Waals surface area contributed by atoms with Gasteiger partial charge in [0.05, 0.1) is 6.04 Å². The third-order valence-electron chi connectivity index (χ3n) is 2.17. The van der Waals surface area contributed by atoms with Crippen molar-refractivity contribution in [1.29, 1.82) is 0 Å². The van der Waals surface area contributed by atoms with Gasteiger partial charge < -0.3 is 15.5 Å². The van der Waals surface area contributed by atoms with Crippen molar-refractivity contribution in [3.8, 4) is 0 Å². The fourth-order valence-corrected chi connectivity index (χ4v) is 1.57. The van der Waals surface area contributed by atoms with Crippen LogP contribution < -0.4 is 5.73 Å². The first-order valence-corrected chi connectivity index (χ1v) is 5.10. The Hall–Kier alpha value is -0.610. The van der Waals surface area contributed by atoms with Crippen molar-refractivity contribution in [3.05, 3.63) is 0 Å². The molecule has 0 heterocycles. The molecule has 0 spiro atoms. The van der Waals surface area contributed by atoms with Gasteiger partial charge in [0.15, 0.2) is 0 Å². The van der Waals surface area contributed by atoms with E-state index in [1.165, 1.54) is 0 Å². The molecule has 0 aromatic heterocycles. The molecule has 0 radical (unpaired) electrons. The lowest BCUT2D eigenvalue weighted by Crippen LogP contribution is -2.49. The fourth-order valence-electron chi connectivity index (χ4n) is 1.57. The highest BCUT2D eigenvalue weighted by atomic mass is 16.2. The molecule has 4 heteroatoms. The van der Waals surface area contributed by atoms with Crippen LogP contribution in [0.2, 0.25) is 0 Å². The third-order valence-corrected chi connectivity index (χ3v) is 2.17. The Labute approximate surface area is 87.0 Å². The van der Waals surface area contributed by atoms with Crippen molar-refractivity contribution in [2.24, 2.45) is 5.73 Å². The Morgan fingerprint density at radius 1 is 1.36 bits per heavy atom. The first kappa shape index (κ1) is 13.4. The molecule has 0 saturated carbocycles. The van der Waals surface area contributed by atoms with Gasteiger partial charge in [0.1, 0.15) is 0 Å². The van der Waals surface area contributed by atoms with Crippen molar-refractivity contribution < 1.29 is 4.79 Å². The van der Waals surface area contributed by atoms with E-state index in [0.717, 1.165) is 13.1 Å². The SMILES string of the molecule is CCN(C(=O)[C@@H](C)N)C(C)CN(C)C. The normalized spacial score (nSPS) is 15.4. The molecular weight excluding hydrogens is 178 g/mol. The lowest BCUT2D eigenvalue weighted by molar-refractivity contribution is -0.134. The van der Waals surface area contributed by atoms with Gasteiger partial charge in [-0.25, -0.2) is 0 Å². The van der Waals surface area contributed by atoms with Crippen LogP contribution in [-0.4, -0.2) is 55.0 Å². The Kier molecular flexibility index (Phi) is 5.72. The maximum atomic E-state index is 11.7. The van der Waals surface area contributed by atoms with E-state index in [-0.39, 0.29) is 11.9 Å². The molecule has 0 rings (SSSR count). The van der Waals surface area contributed by atoms with Gasteiger partial charge in [-0.1, -0.05) is 0 Å². The molecule has 0 aliphatic carbocycles. The Bertz CT molecular complexity index is 180. The van der Waals surface area contributed by atoms with Gasteiger partial charge in [0, 0.05) is 19.1 Å². The number of rotatable bonds is 5. The maximum absolute atomic E-state index is 11.7. The van der Waals surface area contributed by atoms with Crippen LogP contribution in [0.1, 0.15) is 20.8 Å². The summed E-state index contributed by atoms with van der Waals surface area (Å²) in [6.07, 6.45) is 0. The summed E-state index contributed by atoms with van der Waals surface area (Å²) < 4.78 is 0. The molecule has 0 bridgehead atoms. The van der Waals surface area contributed by atoms with Crippen LogP contribution in [0, 0.1) is 0 Å². The molecule has 0 aliphatic rings. The highest BCUT2D eigenvalue weighted by Crippen LogP contribution is 2.02. The second-order valence-corrected chi connectivity index (χ2v) is 4.02. The summed E-state index contributed by atoms with van der Waals surface area (Å²) in [5.41, 5.74) is 5.58. The van der Waals surface area contributed by atoms with Crippen LogP contribution in [0.15, 0.2) is 0 Å². The largest absolute Gasteiger partial charge is 0.338 e. The van der Waals surface area contributed by atoms with Gasteiger partial charge in [-0.05, 0) is 34.9 Å². The van der Waals surface area contributed by atoms with Crippen LogP contribution >= 0.6 is 0 Å². The maximum Gasteiger partial charge on any atom is 0.239 e. The van der Waals surface area contributed by atoms with Crippen LogP contribution in [0.4, 0.5) is 0 Å². The molecule has 14 heavy (non-hydrogen) atoms. The van der Waals surface area contributed by atoms with Crippen LogP contribution in [-0.2, 0) is 4.79 Å². The molecule has 2 atom stereocenters. The summed E-state index contributed by atoms with van der Waals surface area (Å²) in [4.78, 5) is 15.6. The van der Waals surface area contributed by atoms with Gasteiger partial charge in [-0.2, -0.15) is 0 Å². The zero-order chi connectivity index (χ0) is 11.3. The quantitative estimate of drug-likeness (QED) is 0.688. The minimum Gasteiger partial charge on any atom is -0.338 e. The zero-order valence-corrected chi connectivity index (χ0v) is 9.95. The standard InChI is InChI=1S/C10H23N3O/c1-6-13(10(14)9(3)11)8(2)7-12(4)5/h8-9H,6-7,11H2,1-5H3/t8?,9-/m1/s1. The van der Waals surface area contributed by atoms with Crippen molar-refractivity contribution in [3.63, 3.8) is 0 Å². The number of carbonyl (C=O) groups excluding carboxylic acids is 1. The highest BCUT2D eigenvalue weighted by Gasteiger charge is 2.21. The molecule has 1 amide bonds. The Balaban J connectivity index is 4.32. The predicted molar refractivity (Wildman–Crippen MR) is 59.1 cm³/mol. The second-order valence-electron chi connectivity index (χ2n) is 4.02. The van der Waals surface area contributed by atoms with Crippen molar-refractivity contribution >= 4 is 5.91 Å². The number of hydrogen-bond donors (Lipinski definition) is 1. The number of nitrogens with two attached hydrogens (primary N) is 1. The third kappa shape index (κ3) is 4.07. The Morgan fingerprint density at radius 3 is 2.14 bits per heavy atom. The van der Waals surface area contributed by atoms with Crippen molar-refractivity contribution in [1.82, 2.24) is 9.80 Å². The molecule has 0 saturated heterocycles. The van der Waals surface area contributed by atoms with E-state index < -0.39 is 6.04 Å². The smallest absolute Gasteiger partial charge is 0.239 e. The first-order chi connectivity index (χ1) is 6.40. The molecule has 0 aromatic carbocycles. The number of nitrogens with zero attached hydrogens (tertiary/aromatic N) is 2. The van der Waals surface area contributed by atoms with E-state index in [4.69, 9.17) is 5.73 Å². The second kappa shape index (κ2) is 5.98. The molecule has 0 aliphatic heterocycles. The number of hydrogen-bond acceptors (Lipinski definition) is 3.